The molecule has 0 aliphatic heterocycles. The molecule has 13 heteroatoms. The number of nitrogens with zero attached hydrogens (tertiary/aromatic N) is 3. The van der Waals surface area contributed by atoms with Gasteiger partial charge < -0.3 is 20.5 Å². The van der Waals surface area contributed by atoms with Gasteiger partial charge in [-0.2, -0.15) is 4.98 Å². The van der Waals surface area contributed by atoms with Gasteiger partial charge in [0.2, 0.25) is 5.95 Å². The lowest BCUT2D eigenvalue weighted by Crippen LogP contribution is -2.30. The van der Waals surface area contributed by atoms with Crippen LogP contribution < -0.4 is 15.4 Å². The first-order valence-corrected chi connectivity index (χ1v) is 10.3. The molecule has 0 unspecified atom stereocenters. The quantitative estimate of drug-likeness (QED) is 0.209. The van der Waals surface area contributed by atoms with E-state index in [4.69, 9.17) is 0 Å². The molecule has 1 aromatic heterocycles. The van der Waals surface area contributed by atoms with Crippen LogP contribution in [0.1, 0.15) is 13.8 Å². The number of aromatic nitrogens is 2. The van der Waals surface area contributed by atoms with Crippen molar-refractivity contribution in [2.24, 2.45) is 5.92 Å². The van der Waals surface area contributed by atoms with Crippen molar-refractivity contribution in [1.29, 1.82) is 0 Å². The van der Waals surface area contributed by atoms with Gasteiger partial charge in [-0.1, -0.05) is 26.0 Å². The standard InChI is InChI=1S/C22H21F4N5O4/c1-12(2)18(11-32)29-21-28-17(13-4-3-5-15(8-13)35-22(24,25)26)10-20(30-21)27-16-7-6-14(23)9-19(16)31(33)34/h3-10,12,18,32H,11H2,1-2H3,(H2,27,28,29,30)/t18-/m0/s1. The van der Waals surface area contributed by atoms with Crippen LogP contribution in [0.2, 0.25) is 0 Å². The minimum Gasteiger partial charge on any atom is -0.406 e. The number of nitro groups is 1. The Kier molecular flexibility index (Phi) is 7.69. The molecule has 9 nitrogen and oxygen atoms in total. The first kappa shape index (κ1) is 25.6. The molecule has 1 atom stereocenters. The largest absolute Gasteiger partial charge is 0.573 e. The Hall–Kier alpha value is -4.00. The van der Waals surface area contributed by atoms with Crippen molar-refractivity contribution >= 4 is 23.1 Å². The number of benzene rings is 2. The van der Waals surface area contributed by atoms with Crippen molar-refractivity contribution in [3.05, 3.63) is 64.5 Å². The average Bonchev–Trinajstić information content (AvgIpc) is 2.77. The molecular weight excluding hydrogens is 474 g/mol. The maximum atomic E-state index is 13.5. The number of hydrogen-bond donors (Lipinski definition) is 3. The number of nitro benzene ring substituents is 1. The number of rotatable bonds is 9. The molecule has 0 bridgehead atoms. The van der Waals surface area contributed by atoms with E-state index in [2.05, 4.69) is 25.3 Å². The van der Waals surface area contributed by atoms with Crippen LogP contribution >= 0.6 is 0 Å². The third-order valence-corrected chi connectivity index (χ3v) is 4.82. The van der Waals surface area contributed by atoms with E-state index in [0.29, 0.717) is 0 Å². The van der Waals surface area contributed by atoms with Crippen molar-refractivity contribution in [2.45, 2.75) is 26.3 Å². The van der Waals surface area contributed by atoms with Crippen LogP contribution in [0.25, 0.3) is 11.3 Å². The molecule has 1 heterocycles. The van der Waals surface area contributed by atoms with Gasteiger partial charge in [-0.3, -0.25) is 10.1 Å². The lowest BCUT2D eigenvalue weighted by molar-refractivity contribution is -0.384. The van der Waals surface area contributed by atoms with Gasteiger partial charge in [0, 0.05) is 11.6 Å². The Morgan fingerprint density at radius 3 is 2.51 bits per heavy atom. The number of hydrogen-bond acceptors (Lipinski definition) is 8. The zero-order valence-corrected chi connectivity index (χ0v) is 18.5. The normalized spacial score (nSPS) is 12.3. The van der Waals surface area contributed by atoms with Gasteiger partial charge in [-0.05, 0) is 30.2 Å². The van der Waals surface area contributed by atoms with Gasteiger partial charge in [0.1, 0.15) is 23.1 Å². The molecule has 186 valence electrons. The van der Waals surface area contributed by atoms with E-state index >= 15 is 0 Å². The molecular formula is C22H21F4N5O4. The minimum atomic E-state index is -4.89. The van der Waals surface area contributed by atoms with Crippen molar-refractivity contribution in [3.63, 3.8) is 0 Å². The van der Waals surface area contributed by atoms with Crippen LogP contribution in [0.4, 0.5) is 40.7 Å². The SMILES string of the molecule is CC(C)[C@H](CO)Nc1nc(Nc2ccc(F)cc2[N+](=O)[O-])cc(-c2cccc(OC(F)(F)F)c2)n1. The summed E-state index contributed by atoms with van der Waals surface area (Å²) in [5.41, 5.74) is -0.221. The summed E-state index contributed by atoms with van der Waals surface area (Å²) in [6.45, 7) is 3.43. The topological polar surface area (TPSA) is 122 Å². The van der Waals surface area contributed by atoms with Crippen LogP contribution in [0, 0.1) is 21.8 Å². The molecule has 0 fully saturated rings. The smallest absolute Gasteiger partial charge is 0.406 e. The zero-order valence-electron chi connectivity index (χ0n) is 18.5. The van der Waals surface area contributed by atoms with Gasteiger partial charge in [0.05, 0.1) is 29.3 Å². The fourth-order valence-corrected chi connectivity index (χ4v) is 3.06. The van der Waals surface area contributed by atoms with Gasteiger partial charge >= 0.3 is 6.36 Å². The average molecular weight is 495 g/mol. The summed E-state index contributed by atoms with van der Waals surface area (Å²) in [4.78, 5) is 19.2. The van der Waals surface area contributed by atoms with Crippen molar-refractivity contribution in [3.8, 4) is 17.0 Å². The molecule has 0 aliphatic rings. The molecule has 35 heavy (non-hydrogen) atoms. The van der Waals surface area contributed by atoms with Crippen molar-refractivity contribution < 1.29 is 32.3 Å². The van der Waals surface area contributed by atoms with E-state index in [1.54, 1.807) is 0 Å². The first-order chi connectivity index (χ1) is 16.4. The third kappa shape index (κ3) is 6.99. The van der Waals surface area contributed by atoms with Crippen LogP contribution in [-0.2, 0) is 0 Å². The molecule has 0 aliphatic carbocycles. The summed E-state index contributed by atoms with van der Waals surface area (Å²) < 4.78 is 55.5. The van der Waals surface area contributed by atoms with Crippen molar-refractivity contribution in [1.82, 2.24) is 9.97 Å². The molecule has 0 saturated carbocycles. The summed E-state index contributed by atoms with van der Waals surface area (Å²) >= 11 is 0. The first-order valence-electron chi connectivity index (χ1n) is 10.3. The van der Waals surface area contributed by atoms with E-state index in [1.165, 1.54) is 18.2 Å². The second kappa shape index (κ2) is 10.5. The van der Waals surface area contributed by atoms with Gasteiger partial charge in [0.25, 0.3) is 5.69 Å². The minimum absolute atomic E-state index is 0.00431. The molecule has 0 radical (unpaired) electrons. The Balaban J connectivity index is 2.07. The summed E-state index contributed by atoms with van der Waals surface area (Å²) in [6, 6.07) is 8.89. The van der Waals surface area contributed by atoms with E-state index in [-0.39, 0.29) is 41.2 Å². The maximum Gasteiger partial charge on any atom is 0.573 e. The summed E-state index contributed by atoms with van der Waals surface area (Å²) in [7, 11) is 0. The van der Waals surface area contributed by atoms with Crippen molar-refractivity contribution in [2.75, 3.05) is 17.2 Å². The molecule has 0 spiro atoms. The Bertz CT molecular complexity index is 1210. The predicted octanol–water partition coefficient (Wildman–Crippen LogP) is 5.26. The number of halogens is 4. The number of aliphatic hydroxyl groups is 1. The Labute approximate surface area is 196 Å². The van der Waals surface area contributed by atoms with E-state index in [0.717, 1.165) is 30.3 Å². The molecule has 3 aromatic rings. The molecule has 0 saturated heterocycles. The highest BCUT2D eigenvalue weighted by molar-refractivity contribution is 5.72. The summed E-state index contributed by atoms with van der Waals surface area (Å²) in [5.74, 6) is -1.27. The molecule has 0 amide bonds. The highest BCUT2D eigenvalue weighted by Gasteiger charge is 2.31. The zero-order chi connectivity index (χ0) is 25.8. The number of ether oxygens (including phenoxy) is 1. The van der Waals surface area contributed by atoms with Crippen LogP contribution in [0.3, 0.4) is 0 Å². The van der Waals surface area contributed by atoms with E-state index in [1.807, 2.05) is 13.8 Å². The fraction of sp³-hybridized carbons (Fsp3) is 0.273. The molecule has 3 rings (SSSR count). The van der Waals surface area contributed by atoms with E-state index < -0.39 is 34.6 Å². The summed E-state index contributed by atoms with van der Waals surface area (Å²) in [5, 5.41) is 26.7. The van der Waals surface area contributed by atoms with Gasteiger partial charge in [-0.15, -0.1) is 13.2 Å². The number of nitrogens with one attached hydrogen (secondary N) is 2. The second-order valence-corrected chi connectivity index (χ2v) is 7.76. The molecule has 3 N–H and O–H groups in total. The lowest BCUT2D eigenvalue weighted by Gasteiger charge is -2.21. The summed E-state index contributed by atoms with van der Waals surface area (Å²) in [6.07, 6.45) is -4.89. The number of anilines is 3. The molecule has 2 aromatic carbocycles. The monoisotopic (exact) mass is 495 g/mol. The Morgan fingerprint density at radius 2 is 1.89 bits per heavy atom. The number of aliphatic hydroxyl groups excluding tert-OH is 1. The third-order valence-electron chi connectivity index (χ3n) is 4.82. The number of alkyl halides is 3. The van der Waals surface area contributed by atoms with Crippen LogP contribution in [0.5, 0.6) is 5.75 Å². The van der Waals surface area contributed by atoms with Crippen LogP contribution in [-0.4, -0.2) is 39.0 Å². The predicted molar refractivity (Wildman–Crippen MR) is 120 cm³/mol. The fourth-order valence-electron chi connectivity index (χ4n) is 3.06. The maximum absolute atomic E-state index is 13.5. The van der Waals surface area contributed by atoms with E-state index in [9.17, 15) is 32.8 Å². The lowest BCUT2D eigenvalue weighted by atomic mass is 10.1. The van der Waals surface area contributed by atoms with Gasteiger partial charge in [-0.25, -0.2) is 9.37 Å². The highest BCUT2D eigenvalue weighted by Crippen LogP contribution is 2.32. The van der Waals surface area contributed by atoms with Gasteiger partial charge in [0.15, 0.2) is 0 Å². The second-order valence-electron chi connectivity index (χ2n) is 7.76. The highest BCUT2D eigenvalue weighted by atomic mass is 19.4. The van der Waals surface area contributed by atoms with Crippen LogP contribution in [0.15, 0.2) is 48.5 Å². The Morgan fingerprint density at radius 1 is 1.14 bits per heavy atom.